The van der Waals surface area contributed by atoms with Crippen molar-refractivity contribution in [2.45, 2.75) is 160 Å². The van der Waals surface area contributed by atoms with Crippen LogP contribution in [0.15, 0.2) is 34.3 Å². The lowest BCUT2D eigenvalue weighted by Gasteiger charge is -2.56. The van der Waals surface area contributed by atoms with Crippen molar-refractivity contribution < 1.29 is 41.8 Å². The Labute approximate surface area is 429 Å². The Hall–Kier alpha value is -4.69. The van der Waals surface area contributed by atoms with E-state index in [9.17, 15) is 27.6 Å². The molecule has 3 N–H and O–H groups in total. The van der Waals surface area contributed by atoms with Crippen molar-refractivity contribution in [2.75, 3.05) is 46.4 Å². The molecule has 6 fully saturated rings. The number of halogens is 3. The molecule has 8 aliphatic rings. The number of alkyl halides is 3. The minimum atomic E-state index is -4.55. The lowest BCUT2D eigenvalue weighted by Crippen LogP contribution is -2.68. The quantitative estimate of drug-likeness (QED) is 0.145. The molecule has 1 spiro atoms. The Morgan fingerprint density at radius 2 is 1.84 bits per heavy atom. The van der Waals surface area contributed by atoms with E-state index in [1.54, 1.807) is 25.5 Å². The lowest BCUT2D eigenvalue weighted by molar-refractivity contribution is -0.155. The van der Waals surface area contributed by atoms with Gasteiger partial charge < -0.3 is 24.3 Å². The predicted octanol–water partition coefficient (Wildman–Crippen LogP) is 6.82. The van der Waals surface area contributed by atoms with Crippen LogP contribution in [0.3, 0.4) is 0 Å². The SMILES string of the molecule is CO[C@@H](C)C1=C(c2c3c4cc(ccc4n2CC(F)(F)F)-c2csc(n2)C[C@H](NC(=O)[C@H](C2CCCC2)N2CCCC4(CN(C(=O)[C@@H]5N[C@@H]5C5CC5)C4)C2)C(=O)N2CCC[C@H](N2)C(=O)OCC(C)(C)C3)CCC=N1. The number of nitrogens with one attached hydrogen (secondary N) is 3. The number of cyclic esters (lactones) is 1. The molecule has 6 aliphatic heterocycles. The number of hydrogen-bond donors (Lipinski definition) is 3. The molecule has 4 saturated heterocycles. The van der Waals surface area contributed by atoms with Gasteiger partial charge in [-0.3, -0.25) is 39.4 Å². The number of esters is 1. The lowest BCUT2D eigenvalue weighted by atomic mass is 9.72. The number of piperidine rings is 1. The van der Waals surface area contributed by atoms with Crippen molar-refractivity contribution in [3.8, 4) is 11.3 Å². The summed E-state index contributed by atoms with van der Waals surface area (Å²) < 4.78 is 57.4. The molecule has 6 atom stereocenters. The van der Waals surface area contributed by atoms with Crippen molar-refractivity contribution >= 4 is 57.7 Å². The predicted molar refractivity (Wildman–Crippen MR) is 271 cm³/mol. The summed E-state index contributed by atoms with van der Waals surface area (Å²) in [7, 11) is 1.56. The maximum atomic E-state index is 15.1. The Kier molecular flexibility index (Phi) is 13.7. The number of ether oxygens (including phenoxy) is 2. The van der Waals surface area contributed by atoms with E-state index in [1.165, 1.54) is 33.8 Å². The van der Waals surface area contributed by atoms with Crippen LogP contribution in [-0.2, 0) is 48.0 Å². The van der Waals surface area contributed by atoms with Gasteiger partial charge in [-0.2, -0.15) is 13.2 Å². The number of allylic oxidation sites excluding steroid dienone is 1. The van der Waals surface area contributed by atoms with Gasteiger partial charge in [-0.15, -0.1) is 11.3 Å². The van der Waals surface area contributed by atoms with E-state index in [1.807, 2.05) is 37.1 Å². The van der Waals surface area contributed by atoms with Crippen LogP contribution in [0.4, 0.5) is 13.2 Å². The smallest absolute Gasteiger partial charge is 0.406 e. The second kappa shape index (κ2) is 19.8. The topological polar surface area (TPSA) is 173 Å². The summed E-state index contributed by atoms with van der Waals surface area (Å²) in [5.74, 6) is -0.144. The first kappa shape index (κ1) is 50.5. The Bertz CT molecular complexity index is 2700. The van der Waals surface area contributed by atoms with Crippen LogP contribution in [-0.4, -0.2) is 143 Å². The zero-order valence-corrected chi connectivity index (χ0v) is 43.3. The van der Waals surface area contributed by atoms with Gasteiger partial charge >= 0.3 is 12.1 Å². The normalized spacial score (nSPS) is 27.7. The number of nitrogens with zero attached hydrogens (tertiary/aromatic N) is 6. The summed E-state index contributed by atoms with van der Waals surface area (Å²) in [6, 6.07) is 3.38. The standard InChI is InChI=1S/C54H70F3N9O6S/c1-31(71-4)43-35(12-7-19-58-43)47-37-24-52(2,3)30-72-51(70)38-13-8-21-66(62-38)49(68)39(23-42-59-40(25-73-42)34-16-17-41(36(37)22-34)65(47)29-54(55,56)57)60-48(67)46(33-10-5-6-11-33)63-20-9-18-53(26-63)27-64(28-53)50(69)45-44(61-45)32-14-15-32/h16-17,19,22,25,31-33,38-39,44-46,61-62H,5-15,18,20-21,23-24,26-30H2,1-4H3,(H,60,67)/t31-,38-,39-,44+,45+,46-/m0/s1. The number of benzene rings is 1. The molecule has 15 nitrogen and oxygen atoms in total. The number of fused-ring (bicyclic) bond motifs is 6. The van der Waals surface area contributed by atoms with Crippen LogP contribution in [0.2, 0.25) is 0 Å². The average Bonchev–Trinajstić information content (AvgIpc) is 4.23. The number of methoxy groups -OCH3 is 1. The van der Waals surface area contributed by atoms with Gasteiger partial charge in [-0.05, 0) is 114 Å². The maximum absolute atomic E-state index is 15.1. The molecule has 394 valence electrons. The number of amides is 3. The Balaban J connectivity index is 0.925. The second-order valence-electron chi connectivity index (χ2n) is 23.3. The van der Waals surface area contributed by atoms with Crippen molar-refractivity contribution in [2.24, 2.45) is 27.7 Å². The van der Waals surface area contributed by atoms with Crippen LogP contribution in [0, 0.1) is 22.7 Å². The van der Waals surface area contributed by atoms with Gasteiger partial charge in [-0.1, -0.05) is 32.8 Å². The van der Waals surface area contributed by atoms with Crippen molar-refractivity contribution in [1.82, 2.24) is 40.4 Å². The van der Waals surface area contributed by atoms with E-state index in [4.69, 9.17) is 19.5 Å². The molecule has 2 saturated carbocycles. The molecule has 0 radical (unpaired) electrons. The zero-order chi connectivity index (χ0) is 51.0. The van der Waals surface area contributed by atoms with Crippen LogP contribution in [0.1, 0.15) is 114 Å². The first-order valence-electron chi connectivity index (χ1n) is 26.8. The van der Waals surface area contributed by atoms with Gasteiger partial charge in [-0.25, -0.2) is 10.4 Å². The third-order valence-corrected chi connectivity index (χ3v) is 17.9. The van der Waals surface area contributed by atoms with Crippen molar-refractivity contribution in [1.29, 1.82) is 0 Å². The van der Waals surface area contributed by atoms with Crippen LogP contribution < -0.4 is 16.1 Å². The number of thiazole rings is 1. The van der Waals surface area contributed by atoms with Crippen LogP contribution in [0.25, 0.3) is 27.7 Å². The summed E-state index contributed by atoms with van der Waals surface area (Å²) >= 11 is 1.36. The van der Waals surface area contributed by atoms with E-state index >= 15 is 4.79 Å². The number of likely N-dealkylation sites (tertiary alicyclic amines) is 2. The van der Waals surface area contributed by atoms with Crippen molar-refractivity contribution in [3.05, 3.63) is 45.5 Å². The van der Waals surface area contributed by atoms with Crippen LogP contribution >= 0.6 is 11.3 Å². The fourth-order valence-electron chi connectivity index (χ4n) is 13.1. The monoisotopic (exact) mass is 1030 g/mol. The first-order chi connectivity index (χ1) is 35.0. The summed E-state index contributed by atoms with van der Waals surface area (Å²) in [6.07, 6.45) is 7.27. The number of aromatic nitrogens is 2. The van der Waals surface area contributed by atoms with E-state index in [-0.39, 0.29) is 54.5 Å². The zero-order valence-electron chi connectivity index (χ0n) is 42.5. The summed E-state index contributed by atoms with van der Waals surface area (Å²) in [6.45, 7) is 7.65. The number of aliphatic imine (C=N–C) groups is 1. The fourth-order valence-corrected chi connectivity index (χ4v) is 14.0. The average molecular weight is 1030 g/mol. The van der Waals surface area contributed by atoms with Crippen molar-refractivity contribution in [3.63, 3.8) is 0 Å². The highest BCUT2D eigenvalue weighted by molar-refractivity contribution is 7.10. The highest BCUT2D eigenvalue weighted by atomic mass is 32.1. The molecule has 11 rings (SSSR count). The number of rotatable bonds is 10. The van der Waals surface area contributed by atoms with Crippen LogP contribution in [0.5, 0.6) is 0 Å². The largest absolute Gasteiger partial charge is 0.464 e. The van der Waals surface area contributed by atoms with Gasteiger partial charge in [0.1, 0.15) is 24.7 Å². The number of carbonyl (C=O) groups is 4. The molecule has 8 heterocycles. The van der Waals surface area contributed by atoms with E-state index in [0.717, 1.165) is 45.1 Å². The number of hydrazine groups is 1. The maximum Gasteiger partial charge on any atom is 0.406 e. The number of hydrogen-bond acceptors (Lipinski definition) is 12. The highest BCUT2D eigenvalue weighted by Crippen LogP contribution is 2.46. The summed E-state index contributed by atoms with van der Waals surface area (Å²) in [5.41, 5.74) is 6.46. The highest BCUT2D eigenvalue weighted by Gasteiger charge is 2.57. The minimum Gasteiger partial charge on any atom is -0.464 e. The Morgan fingerprint density at radius 1 is 1.04 bits per heavy atom. The second-order valence-corrected chi connectivity index (χ2v) is 24.2. The van der Waals surface area contributed by atoms with Gasteiger partial charge in [0.2, 0.25) is 11.8 Å². The van der Waals surface area contributed by atoms with Gasteiger partial charge in [0, 0.05) is 90.2 Å². The van der Waals surface area contributed by atoms with E-state index in [2.05, 4.69) is 21.0 Å². The molecule has 2 aromatic heterocycles. The molecule has 0 unspecified atom stereocenters. The summed E-state index contributed by atoms with van der Waals surface area (Å²) in [5, 5.41) is 11.3. The molecule has 1 aromatic carbocycles. The number of carbonyl (C=O) groups excluding carboxylic acids is 4. The molecule has 73 heavy (non-hydrogen) atoms. The third kappa shape index (κ3) is 10.4. The molecule has 6 bridgehead atoms. The first-order valence-corrected chi connectivity index (χ1v) is 27.6. The molecule has 3 aromatic rings. The molecule has 19 heteroatoms. The Morgan fingerprint density at radius 3 is 2.59 bits per heavy atom. The summed E-state index contributed by atoms with van der Waals surface area (Å²) in [4.78, 5) is 71.7. The van der Waals surface area contributed by atoms with Gasteiger partial charge in [0.15, 0.2) is 0 Å². The fraction of sp³-hybridized carbons (Fsp3) is 0.667. The molecular weight excluding hydrogens is 960 g/mol. The molecule has 3 amide bonds. The molecule has 2 aliphatic carbocycles. The minimum absolute atomic E-state index is 0.0387. The third-order valence-electron chi connectivity index (χ3n) is 17.0. The molecular formula is C54H70F3N9O6S. The van der Waals surface area contributed by atoms with Gasteiger partial charge in [0.05, 0.1) is 40.8 Å². The van der Waals surface area contributed by atoms with Gasteiger partial charge in [0.25, 0.3) is 5.91 Å². The van der Waals surface area contributed by atoms with E-state index in [0.29, 0.717) is 114 Å². The van der Waals surface area contributed by atoms with E-state index < -0.39 is 48.3 Å².